The van der Waals surface area contributed by atoms with Crippen molar-refractivity contribution in [1.29, 1.82) is 0 Å². The van der Waals surface area contributed by atoms with Crippen molar-refractivity contribution in [2.45, 2.75) is 82.1 Å². The molecule has 1 rings (SSSR count). The summed E-state index contributed by atoms with van der Waals surface area (Å²) in [6.45, 7) is 24.5. The van der Waals surface area contributed by atoms with Crippen molar-refractivity contribution in [2.24, 2.45) is 53.3 Å². The van der Waals surface area contributed by atoms with Crippen molar-refractivity contribution in [3.05, 3.63) is 11.6 Å². The molecule has 0 saturated heterocycles. The second-order valence-electron chi connectivity index (χ2n) is 9.27. The van der Waals surface area contributed by atoms with Crippen molar-refractivity contribution in [3.63, 3.8) is 0 Å². The van der Waals surface area contributed by atoms with Gasteiger partial charge in [0.15, 0.2) is 0 Å². The molecule has 23 heavy (non-hydrogen) atoms. The van der Waals surface area contributed by atoms with E-state index in [1.165, 1.54) is 12.8 Å². The second kappa shape index (κ2) is 8.72. The van der Waals surface area contributed by atoms with Crippen molar-refractivity contribution in [2.75, 3.05) is 0 Å². The van der Waals surface area contributed by atoms with E-state index in [9.17, 15) is 0 Å². The molecule has 1 aliphatic carbocycles. The maximum absolute atomic E-state index is 2.53. The standard InChI is InChI=1S/C23H44/c1-11-12-15(4)16(5)17(6)18(7)19(8)20(9)21(10)23-13-22(23)14(2)3/h13-21,23H,11-12H2,1-10H3. The lowest BCUT2D eigenvalue weighted by Gasteiger charge is -2.38. The Morgan fingerprint density at radius 3 is 1.65 bits per heavy atom. The monoisotopic (exact) mass is 320 g/mol. The van der Waals surface area contributed by atoms with Gasteiger partial charge in [0.2, 0.25) is 0 Å². The Bertz CT molecular complexity index is 377. The van der Waals surface area contributed by atoms with E-state index in [2.05, 4.69) is 75.3 Å². The molecule has 0 aromatic rings. The Labute approximate surface area is 147 Å². The highest BCUT2D eigenvalue weighted by Crippen LogP contribution is 2.47. The summed E-state index contributed by atoms with van der Waals surface area (Å²) in [6.07, 6.45) is 5.22. The lowest BCUT2D eigenvalue weighted by molar-refractivity contribution is 0.111. The first kappa shape index (κ1) is 20.8. The summed E-state index contributed by atoms with van der Waals surface area (Å²) >= 11 is 0. The smallest absolute Gasteiger partial charge is 0.00108 e. The minimum Gasteiger partial charge on any atom is -0.0770 e. The van der Waals surface area contributed by atoms with E-state index in [0.29, 0.717) is 0 Å². The van der Waals surface area contributed by atoms with E-state index in [4.69, 9.17) is 0 Å². The van der Waals surface area contributed by atoms with Crippen LogP contribution in [-0.4, -0.2) is 0 Å². The summed E-state index contributed by atoms with van der Waals surface area (Å²) in [5.41, 5.74) is 1.71. The van der Waals surface area contributed by atoms with Gasteiger partial charge in [-0.05, 0) is 47.3 Å². The Kier molecular flexibility index (Phi) is 7.88. The number of allylic oxidation sites excluding steroid dienone is 2. The van der Waals surface area contributed by atoms with E-state index in [0.717, 1.165) is 53.3 Å². The summed E-state index contributed by atoms with van der Waals surface area (Å²) in [7, 11) is 0. The minimum absolute atomic E-state index is 0.746. The fraction of sp³-hybridized carbons (Fsp3) is 0.913. The predicted molar refractivity (Wildman–Crippen MR) is 105 cm³/mol. The van der Waals surface area contributed by atoms with Gasteiger partial charge in [0, 0.05) is 5.92 Å². The summed E-state index contributed by atoms with van der Waals surface area (Å²) in [4.78, 5) is 0. The fourth-order valence-corrected chi connectivity index (χ4v) is 4.67. The lowest BCUT2D eigenvalue weighted by Crippen LogP contribution is -2.31. The van der Waals surface area contributed by atoms with E-state index in [-0.39, 0.29) is 0 Å². The lowest BCUT2D eigenvalue weighted by atomic mass is 9.67. The molecule has 0 amide bonds. The Morgan fingerprint density at radius 1 is 0.739 bits per heavy atom. The van der Waals surface area contributed by atoms with Gasteiger partial charge in [-0.3, -0.25) is 0 Å². The van der Waals surface area contributed by atoms with Crippen LogP contribution in [0.1, 0.15) is 82.1 Å². The van der Waals surface area contributed by atoms with Gasteiger partial charge in [0.05, 0.1) is 0 Å². The molecule has 0 heterocycles. The van der Waals surface area contributed by atoms with Crippen molar-refractivity contribution in [1.82, 2.24) is 0 Å². The van der Waals surface area contributed by atoms with Crippen LogP contribution in [0, 0.1) is 53.3 Å². The maximum atomic E-state index is 2.53. The van der Waals surface area contributed by atoms with Gasteiger partial charge >= 0.3 is 0 Å². The summed E-state index contributed by atoms with van der Waals surface area (Å²) in [5, 5.41) is 0. The first-order valence-corrected chi connectivity index (χ1v) is 10.3. The molecule has 8 atom stereocenters. The van der Waals surface area contributed by atoms with Crippen LogP contribution < -0.4 is 0 Å². The first-order valence-electron chi connectivity index (χ1n) is 10.3. The summed E-state index contributed by atoms with van der Waals surface area (Å²) in [6, 6.07) is 0. The van der Waals surface area contributed by atoms with Gasteiger partial charge in [-0.15, -0.1) is 0 Å². The maximum Gasteiger partial charge on any atom is 0.00108 e. The largest absolute Gasteiger partial charge is 0.0770 e. The van der Waals surface area contributed by atoms with Crippen LogP contribution in [-0.2, 0) is 0 Å². The molecule has 0 spiro atoms. The molecule has 0 fully saturated rings. The average molecular weight is 321 g/mol. The normalized spacial score (nSPS) is 26.9. The molecule has 0 radical (unpaired) electrons. The zero-order chi connectivity index (χ0) is 17.9. The number of hydrogen-bond acceptors (Lipinski definition) is 0. The first-order chi connectivity index (χ1) is 10.6. The van der Waals surface area contributed by atoms with Crippen LogP contribution in [0.3, 0.4) is 0 Å². The van der Waals surface area contributed by atoms with Crippen LogP contribution >= 0.6 is 0 Å². The minimum atomic E-state index is 0.746. The number of hydrogen-bond donors (Lipinski definition) is 0. The summed E-state index contributed by atoms with van der Waals surface area (Å²) < 4.78 is 0. The Balaban J connectivity index is 2.59. The van der Waals surface area contributed by atoms with Gasteiger partial charge in [0.25, 0.3) is 0 Å². The van der Waals surface area contributed by atoms with Crippen molar-refractivity contribution >= 4 is 0 Å². The molecule has 0 aromatic carbocycles. The van der Waals surface area contributed by atoms with Crippen LogP contribution in [0.4, 0.5) is 0 Å². The SMILES string of the molecule is CCCC(C)C(C)C(C)C(C)C(C)C(C)C(C)C1C=C1C(C)C. The van der Waals surface area contributed by atoms with E-state index >= 15 is 0 Å². The topological polar surface area (TPSA) is 0 Å². The fourth-order valence-electron chi connectivity index (χ4n) is 4.67. The van der Waals surface area contributed by atoms with E-state index in [1.54, 1.807) is 5.57 Å². The second-order valence-corrected chi connectivity index (χ2v) is 9.27. The van der Waals surface area contributed by atoms with Gasteiger partial charge in [-0.2, -0.15) is 0 Å². The van der Waals surface area contributed by atoms with Crippen LogP contribution in [0.25, 0.3) is 0 Å². The molecule has 0 bridgehead atoms. The molecule has 1 aliphatic rings. The Hall–Kier alpha value is -0.260. The molecular weight excluding hydrogens is 276 g/mol. The highest BCUT2D eigenvalue weighted by Gasteiger charge is 2.38. The molecule has 0 aromatic heterocycles. The van der Waals surface area contributed by atoms with Crippen LogP contribution in [0.5, 0.6) is 0 Å². The highest BCUT2D eigenvalue weighted by molar-refractivity contribution is 5.32. The van der Waals surface area contributed by atoms with Gasteiger partial charge in [-0.25, -0.2) is 0 Å². The van der Waals surface area contributed by atoms with Crippen LogP contribution in [0.15, 0.2) is 11.6 Å². The molecule has 0 aliphatic heterocycles. The molecule has 8 unspecified atom stereocenters. The van der Waals surface area contributed by atoms with Gasteiger partial charge < -0.3 is 0 Å². The third kappa shape index (κ3) is 5.10. The Morgan fingerprint density at radius 2 is 1.22 bits per heavy atom. The van der Waals surface area contributed by atoms with Gasteiger partial charge in [0.1, 0.15) is 0 Å². The van der Waals surface area contributed by atoms with Crippen molar-refractivity contribution in [3.8, 4) is 0 Å². The van der Waals surface area contributed by atoms with Crippen molar-refractivity contribution < 1.29 is 0 Å². The summed E-state index contributed by atoms with van der Waals surface area (Å²) in [5.74, 6) is 7.27. The highest BCUT2D eigenvalue weighted by atomic mass is 14.4. The third-order valence-electron chi connectivity index (χ3n) is 7.67. The van der Waals surface area contributed by atoms with E-state index < -0.39 is 0 Å². The molecule has 0 saturated carbocycles. The molecule has 136 valence electrons. The predicted octanol–water partition coefficient (Wildman–Crippen LogP) is 7.45. The van der Waals surface area contributed by atoms with E-state index in [1.807, 2.05) is 0 Å². The molecule has 0 nitrogen and oxygen atoms in total. The quantitative estimate of drug-likeness (QED) is 0.367. The zero-order valence-corrected chi connectivity index (χ0v) is 17.7. The molecular formula is C23H44. The average Bonchev–Trinajstić information content (AvgIpc) is 3.31. The third-order valence-corrected chi connectivity index (χ3v) is 7.67. The van der Waals surface area contributed by atoms with Crippen LogP contribution in [0.2, 0.25) is 0 Å². The number of rotatable bonds is 10. The molecule has 0 heteroatoms. The zero-order valence-electron chi connectivity index (χ0n) is 17.7. The van der Waals surface area contributed by atoms with Gasteiger partial charge in [-0.1, -0.05) is 93.7 Å². The molecule has 0 N–H and O–H groups in total.